The summed E-state index contributed by atoms with van der Waals surface area (Å²) in [5.41, 5.74) is 0.379. The molecule has 0 spiro atoms. The van der Waals surface area contributed by atoms with Crippen molar-refractivity contribution in [2.45, 2.75) is 6.10 Å². The fraction of sp³-hybridized carbons (Fsp3) is 0.250. The van der Waals surface area contributed by atoms with Crippen LogP contribution in [0.2, 0.25) is 0 Å². The lowest BCUT2D eigenvalue weighted by molar-refractivity contribution is -0.0258. The molecule has 0 aliphatic rings. The maximum atomic E-state index is 13.1. The van der Waals surface area contributed by atoms with Crippen LogP contribution in [-0.4, -0.2) is 65.7 Å². The molecule has 3 aromatic rings. The third kappa shape index (κ3) is 6.73. The fourth-order valence-corrected chi connectivity index (χ4v) is 3.50. The molecule has 200 valence electrons. The summed E-state index contributed by atoms with van der Waals surface area (Å²) in [6, 6.07) is 17.9. The molecule has 0 heterocycles. The van der Waals surface area contributed by atoms with Crippen LogP contribution in [-0.2, 0) is 14.2 Å². The van der Waals surface area contributed by atoms with E-state index in [4.69, 9.17) is 33.2 Å². The van der Waals surface area contributed by atoms with Gasteiger partial charge >= 0.3 is 17.9 Å². The highest BCUT2D eigenvalue weighted by atomic mass is 16.6. The Morgan fingerprint density at radius 3 is 1.42 bits per heavy atom. The second kappa shape index (κ2) is 13.5. The third-order valence-electron chi connectivity index (χ3n) is 5.35. The van der Waals surface area contributed by atoms with Crippen LogP contribution in [0.25, 0.3) is 0 Å². The molecule has 0 amide bonds. The molecule has 0 saturated carbocycles. The molecule has 3 rings (SSSR count). The lowest BCUT2D eigenvalue weighted by Crippen LogP contribution is -2.31. The molecule has 0 aromatic heterocycles. The molecule has 0 radical (unpaired) electrons. The van der Waals surface area contributed by atoms with Gasteiger partial charge in [-0.15, -0.1) is 0 Å². The van der Waals surface area contributed by atoms with Crippen molar-refractivity contribution in [2.75, 3.05) is 41.7 Å². The van der Waals surface area contributed by atoms with Crippen LogP contribution in [0.15, 0.2) is 66.7 Å². The monoisotopic (exact) mass is 524 g/mol. The molecular formula is C28H28O10. The Labute approximate surface area is 219 Å². The molecule has 0 aliphatic heterocycles. The van der Waals surface area contributed by atoms with Gasteiger partial charge in [0.2, 0.25) is 0 Å². The lowest BCUT2D eigenvalue weighted by Gasteiger charge is -2.20. The number of rotatable bonds is 12. The maximum Gasteiger partial charge on any atom is 0.346 e. The molecule has 1 unspecified atom stereocenters. The number of hydrogen-bond donors (Lipinski definition) is 0. The average Bonchev–Trinajstić information content (AvgIpc) is 2.97. The minimum Gasteiger partial charge on any atom is -0.496 e. The summed E-state index contributed by atoms with van der Waals surface area (Å²) in [7, 11) is 5.60. The van der Waals surface area contributed by atoms with E-state index < -0.39 is 37.2 Å². The van der Waals surface area contributed by atoms with Crippen LogP contribution in [0.5, 0.6) is 23.0 Å². The van der Waals surface area contributed by atoms with Crippen molar-refractivity contribution in [3.8, 4) is 23.0 Å². The smallest absolute Gasteiger partial charge is 0.346 e. The zero-order valence-corrected chi connectivity index (χ0v) is 21.4. The van der Waals surface area contributed by atoms with Crippen LogP contribution in [0.3, 0.4) is 0 Å². The zero-order valence-electron chi connectivity index (χ0n) is 21.4. The quantitative estimate of drug-likeness (QED) is 0.255. The number of carbonyl (C=O) groups excluding carboxylic acids is 3. The van der Waals surface area contributed by atoms with E-state index in [1.807, 2.05) is 0 Å². The summed E-state index contributed by atoms with van der Waals surface area (Å²) in [5.74, 6) is -1.36. The van der Waals surface area contributed by atoms with Crippen molar-refractivity contribution < 1.29 is 47.5 Å². The first-order valence-electron chi connectivity index (χ1n) is 11.5. The van der Waals surface area contributed by atoms with Gasteiger partial charge in [0.15, 0.2) is 6.10 Å². The predicted octanol–water partition coefficient (Wildman–Crippen LogP) is 3.96. The Balaban J connectivity index is 1.82. The van der Waals surface area contributed by atoms with Gasteiger partial charge in [-0.25, -0.2) is 14.4 Å². The molecule has 10 heteroatoms. The molecule has 3 aromatic carbocycles. The van der Waals surface area contributed by atoms with Gasteiger partial charge in [-0.05, 0) is 36.4 Å². The summed E-state index contributed by atoms with van der Waals surface area (Å²) in [4.78, 5) is 38.6. The van der Waals surface area contributed by atoms with Gasteiger partial charge in [0, 0.05) is 0 Å². The van der Waals surface area contributed by atoms with Crippen LogP contribution >= 0.6 is 0 Å². The molecule has 0 saturated heterocycles. The van der Waals surface area contributed by atoms with E-state index in [2.05, 4.69) is 0 Å². The summed E-state index contributed by atoms with van der Waals surface area (Å²) in [5, 5.41) is 0. The Morgan fingerprint density at radius 2 is 0.974 bits per heavy atom. The van der Waals surface area contributed by atoms with E-state index in [9.17, 15) is 14.4 Å². The minimum absolute atomic E-state index is 0.0228. The van der Waals surface area contributed by atoms with E-state index in [1.165, 1.54) is 28.4 Å². The topological polar surface area (TPSA) is 116 Å². The number of esters is 3. The van der Waals surface area contributed by atoms with Crippen molar-refractivity contribution in [1.82, 2.24) is 0 Å². The second-order valence-corrected chi connectivity index (χ2v) is 7.67. The Hall–Kier alpha value is -4.73. The van der Waals surface area contributed by atoms with Crippen LogP contribution < -0.4 is 18.9 Å². The van der Waals surface area contributed by atoms with E-state index >= 15 is 0 Å². The van der Waals surface area contributed by atoms with Gasteiger partial charge in [0.25, 0.3) is 0 Å². The van der Waals surface area contributed by atoms with Gasteiger partial charge in [0.1, 0.15) is 47.3 Å². The number of carbonyl (C=O) groups is 3. The van der Waals surface area contributed by atoms with Crippen LogP contribution in [0.4, 0.5) is 0 Å². The first kappa shape index (κ1) is 27.9. The average molecular weight is 525 g/mol. The number of benzene rings is 3. The van der Waals surface area contributed by atoms with Crippen LogP contribution in [0.1, 0.15) is 31.1 Å². The SMILES string of the molecule is COc1cccc(OC)c1C(=O)OCC(COC(=O)c1ccccc1)OC(=O)c1c(OC)cccc1OC. The molecule has 1 atom stereocenters. The minimum atomic E-state index is -1.17. The largest absolute Gasteiger partial charge is 0.496 e. The number of hydrogen-bond acceptors (Lipinski definition) is 10. The van der Waals surface area contributed by atoms with Crippen molar-refractivity contribution >= 4 is 17.9 Å². The van der Waals surface area contributed by atoms with E-state index in [1.54, 1.807) is 66.7 Å². The first-order valence-corrected chi connectivity index (χ1v) is 11.5. The van der Waals surface area contributed by atoms with Gasteiger partial charge in [-0.3, -0.25) is 0 Å². The van der Waals surface area contributed by atoms with Gasteiger partial charge < -0.3 is 33.2 Å². The Morgan fingerprint density at radius 1 is 0.553 bits per heavy atom. The van der Waals surface area contributed by atoms with Gasteiger partial charge in [-0.1, -0.05) is 30.3 Å². The maximum absolute atomic E-state index is 13.1. The van der Waals surface area contributed by atoms with Crippen LogP contribution in [0, 0.1) is 0 Å². The molecule has 10 nitrogen and oxygen atoms in total. The lowest BCUT2D eigenvalue weighted by atomic mass is 10.1. The molecule has 0 aliphatic carbocycles. The van der Waals surface area contributed by atoms with Crippen molar-refractivity contribution in [3.63, 3.8) is 0 Å². The molecule has 0 fully saturated rings. The highest BCUT2D eigenvalue weighted by Gasteiger charge is 2.27. The standard InChI is InChI=1S/C28H28O10/c1-32-20-12-8-13-21(33-2)24(20)27(30)37-17-19(16-36-26(29)18-10-6-5-7-11-18)38-28(31)25-22(34-3)14-9-15-23(25)35-4/h5-15,19H,16-17H2,1-4H3. The summed E-state index contributed by atoms with van der Waals surface area (Å²) in [6.07, 6.45) is -1.17. The van der Waals surface area contributed by atoms with Crippen molar-refractivity contribution in [1.29, 1.82) is 0 Å². The molecular weight excluding hydrogens is 496 g/mol. The number of methoxy groups -OCH3 is 4. The summed E-state index contributed by atoms with van der Waals surface area (Å²) >= 11 is 0. The van der Waals surface area contributed by atoms with E-state index in [0.29, 0.717) is 5.56 Å². The molecule has 0 N–H and O–H groups in total. The zero-order chi connectivity index (χ0) is 27.5. The Kier molecular flexibility index (Phi) is 9.93. The van der Waals surface area contributed by atoms with Gasteiger partial charge in [0.05, 0.1) is 34.0 Å². The van der Waals surface area contributed by atoms with Crippen molar-refractivity contribution in [2.24, 2.45) is 0 Å². The van der Waals surface area contributed by atoms with Crippen molar-refractivity contribution in [3.05, 3.63) is 83.4 Å². The van der Waals surface area contributed by atoms with E-state index in [-0.39, 0.29) is 34.1 Å². The normalized spacial score (nSPS) is 11.1. The summed E-state index contributed by atoms with van der Waals surface area (Å²) < 4.78 is 37.4. The Bertz CT molecular complexity index is 1210. The molecule has 38 heavy (non-hydrogen) atoms. The number of ether oxygens (including phenoxy) is 7. The second-order valence-electron chi connectivity index (χ2n) is 7.67. The fourth-order valence-electron chi connectivity index (χ4n) is 3.50. The summed E-state index contributed by atoms with van der Waals surface area (Å²) in [6.45, 7) is -0.835. The van der Waals surface area contributed by atoms with E-state index in [0.717, 1.165) is 0 Å². The highest BCUT2D eigenvalue weighted by Crippen LogP contribution is 2.30. The van der Waals surface area contributed by atoms with Gasteiger partial charge in [-0.2, -0.15) is 0 Å². The molecule has 0 bridgehead atoms. The third-order valence-corrected chi connectivity index (χ3v) is 5.35. The first-order chi connectivity index (χ1) is 18.4. The predicted molar refractivity (Wildman–Crippen MR) is 135 cm³/mol. The highest BCUT2D eigenvalue weighted by molar-refractivity contribution is 5.96.